The smallest absolute Gasteiger partial charge is 0.130 e. The number of ether oxygens (including phenoxy) is 1. The van der Waals surface area contributed by atoms with Crippen molar-refractivity contribution in [2.24, 2.45) is 0 Å². The van der Waals surface area contributed by atoms with Crippen LogP contribution in [-0.4, -0.2) is 17.4 Å². The van der Waals surface area contributed by atoms with E-state index in [1.807, 2.05) is 6.07 Å². The first-order valence-corrected chi connectivity index (χ1v) is 6.13. The number of hydrogen-bond donors (Lipinski definition) is 2. The van der Waals surface area contributed by atoms with Gasteiger partial charge in [-0.25, -0.2) is 0 Å². The average Bonchev–Trinajstić information content (AvgIpc) is 2.53. The second-order valence-electron chi connectivity index (χ2n) is 4.26. The van der Waals surface area contributed by atoms with Crippen LogP contribution in [0.5, 0.6) is 5.75 Å². The van der Waals surface area contributed by atoms with E-state index in [0.29, 0.717) is 17.0 Å². The van der Waals surface area contributed by atoms with Gasteiger partial charge in [0.25, 0.3) is 0 Å². The molecule has 0 heterocycles. The Bertz CT molecular complexity index is 625. The Morgan fingerprint density at radius 1 is 1.10 bits per heavy atom. The van der Waals surface area contributed by atoms with Gasteiger partial charge in [0.2, 0.25) is 0 Å². The van der Waals surface area contributed by atoms with Gasteiger partial charge >= 0.3 is 0 Å². The molecule has 0 amide bonds. The van der Waals surface area contributed by atoms with Crippen LogP contribution in [0.4, 0.5) is 0 Å². The monoisotopic (exact) mass is 266 g/mol. The number of nitriles is 1. The second kappa shape index (κ2) is 6.50. The number of hydrogen-bond acceptors (Lipinski definition) is 4. The third-order valence-corrected chi connectivity index (χ3v) is 2.85. The highest BCUT2D eigenvalue weighted by atomic mass is 16.5. The molecule has 4 nitrogen and oxygen atoms in total. The zero-order valence-electron chi connectivity index (χ0n) is 10.8. The van der Waals surface area contributed by atoms with Gasteiger partial charge in [-0.1, -0.05) is 24.3 Å². The van der Waals surface area contributed by atoms with Crippen LogP contribution in [0.1, 0.15) is 16.7 Å². The molecule has 0 aliphatic carbocycles. The molecule has 20 heavy (non-hydrogen) atoms. The Balaban J connectivity index is 1.95. The predicted octanol–water partition coefficient (Wildman–Crippen LogP) is 2.50. The van der Waals surface area contributed by atoms with E-state index in [-0.39, 0.29) is 13.2 Å². The summed E-state index contributed by atoms with van der Waals surface area (Å²) in [5.41, 5.74) is 2.47. The maximum atomic E-state index is 8.94. The van der Waals surface area contributed by atoms with E-state index < -0.39 is 0 Å². The minimum atomic E-state index is 0.00133. The molecular formula is C16H14N2O2. The van der Waals surface area contributed by atoms with Gasteiger partial charge in [0.1, 0.15) is 12.4 Å². The van der Waals surface area contributed by atoms with Crippen LogP contribution in [0.3, 0.4) is 0 Å². The lowest BCUT2D eigenvalue weighted by molar-refractivity contribution is 0.281. The van der Waals surface area contributed by atoms with E-state index in [1.165, 1.54) is 0 Å². The molecule has 2 aromatic rings. The highest BCUT2D eigenvalue weighted by Gasteiger charge is 2.03. The lowest BCUT2D eigenvalue weighted by Crippen LogP contribution is -2.11. The molecule has 0 atom stereocenters. The third-order valence-electron chi connectivity index (χ3n) is 2.85. The van der Waals surface area contributed by atoms with Gasteiger partial charge in [0.15, 0.2) is 0 Å². The molecule has 0 radical (unpaired) electrons. The fourth-order valence-electron chi connectivity index (χ4n) is 1.68. The highest BCUT2D eigenvalue weighted by Crippen LogP contribution is 2.13. The van der Waals surface area contributed by atoms with Gasteiger partial charge in [0, 0.05) is 0 Å². The van der Waals surface area contributed by atoms with E-state index in [0.717, 1.165) is 11.1 Å². The Morgan fingerprint density at radius 3 is 2.30 bits per heavy atom. The van der Waals surface area contributed by atoms with Crippen molar-refractivity contribution in [1.82, 2.24) is 0 Å². The summed E-state index contributed by atoms with van der Waals surface area (Å²) in [4.78, 5) is 0. The summed E-state index contributed by atoms with van der Waals surface area (Å²) in [6.45, 7) is 0.158. The fraction of sp³-hybridized carbons (Fsp3) is 0.125. The van der Waals surface area contributed by atoms with Crippen LogP contribution in [0.25, 0.3) is 0 Å². The van der Waals surface area contributed by atoms with Gasteiger partial charge in [0.05, 0.1) is 24.0 Å². The SMILES string of the molecule is N#Cc1ccc(C(=N)COc2ccc(CO)cc2)cc1. The van der Waals surface area contributed by atoms with Crippen LogP contribution >= 0.6 is 0 Å². The zero-order chi connectivity index (χ0) is 14.4. The van der Waals surface area contributed by atoms with Gasteiger partial charge in [-0.2, -0.15) is 5.26 Å². The number of nitrogens with one attached hydrogen (secondary N) is 1. The van der Waals surface area contributed by atoms with Crippen molar-refractivity contribution in [3.05, 3.63) is 65.2 Å². The molecule has 2 N–H and O–H groups in total. The Hall–Kier alpha value is -2.64. The van der Waals surface area contributed by atoms with Crippen LogP contribution in [0, 0.1) is 16.7 Å². The van der Waals surface area contributed by atoms with Crippen molar-refractivity contribution in [2.45, 2.75) is 6.61 Å². The first kappa shape index (κ1) is 13.8. The number of nitrogens with zero attached hydrogens (tertiary/aromatic N) is 1. The van der Waals surface area contributed by atoms with Crippen molar-refractivity contribution in [3.8, 4) is 11.8 Å². The van der Waals surface area contributed by atoms with Crippen LogP contribution in [0.15, 0.2) is 48.5 Å². The van der Waals surface area contributed by atoms with Crippen LogP contribution < -0.4 is 4.74 Å². The largest absolute Gasteiger partial charge is 0.487 e. The predicted molar refractivity (Wildman–Crippen MR) is 75.8 cm³/mol. The molecule has 0 aromatic heterocycles. The van der Waals surface area contributed by atoms with E-state index in [4.69, 9.17) is 20.5 Å². The highest BCUT2D eigenvalue weighted by molar-refractivity contribution is 5.99. The first-order valence-electron chi connectivity index (χ1n) is 6.13. The van der Waals surface area contributed by atoms with E-state index in [9.17, 15) is 0 Å². The van der Waals surface area contributed by atoms with E-state index >= 15 is 0 Å². The lowest BCUT2D eigenvalue weighted by Gasteiger charge is -2.08. The lowest BCUT2D eigenvalue weighted by atomic mass is 10.1. The molecule has 4 heteroatoms. The fourth-order valence-corrected chi connectivity index (χ4v) is 1.68. The first-order chi connectivity index (χ1) is 9.72. The van der Waals surface area contributed by atoms with Crippen molar-refractivity contribution < 1.29 is 9.84 Å². The van der Waals surface area contributed by atoms with Gasteiger partial charge < -0.3 is 15.3 Å². The Morgan fingerprint density at radius 2 is 1.75 bits per heavy atom. The molecule has 0 saturated heterocycles. The van der Waals surface area contributed by atoms with E-state index in [2.05, 4.69) is 0 Å². The molecule has 0 spiro atoms. The maximum Gasteiger partial charge on any atom is 0.130 e. The van der Waals surface area contributed by atoms with Gasteiger partial charge in [-0.15, -0.1) is 0 Å². The molecule has 0 bridgehead atoms. The number of aliphatic hydroxyl groups excluding tert-OH is 1. The van der Waals surface area contributed by atoms with Crippen molar-refractivity contribution >= 4 is 5.71 Å². The van der Waals surface area contributed by atoms with Crippen LogP contribution in [0.2, 0.25) is 0 Å². The van der Waals surface area contributed by atoms with Crippen molar-refractivity contribution in [1.29, 1.82) is 10.7 Å². The van der Waals surface area contributed by atoms with E-state index in [1.54, 1.807) is 48.5 Å². The molecule has 2 rings (SSSR count). The summed E-state index contributed by atoms with van der Waals surface area (Å²) < 4.78 is 5.51. The molecule has 0 aliphatic rings. The molecule has 100 valence electrons. The minimum Gasteiger partial charge on any atom is -0.487 e. The van der Waals surface area contributed by atoms with Crippen LogP contribution in [-0.2, 0) is 6.61 Å². The molecule has 0 saturated carbocycles. The maximum absolute atomic E-state index is 8.94. The zero-order valence-corrected chi connectivity index (χ0v) is 10.8. The Kier molecular flexibility index (Phi) is 4.48. The molecule has 0 aliphatic heterocycles. The van der Waals surface area contributed by atoms with Crippen molar-refractivity contribution in [3.63, 3.8) is 0 Å². The summed E-state index contributed by atoms with van der Waals surface area (Å²) in [5.74, 6) is 0.653. The topological polar surface area (TPSA) is 77.1 Å². The molecule has 0 fully saturated rings. The summed E-state index contributed by atoms with van der Waals surface area (Å²) in [6.07, 6.45) is 0. The Labute approximate surface area is 117 Å². The standard InChI is InChI=1S/C16H14N2O2/c17-9-12-1-5-14(6-2-12)16(18)11-20-15-7-3-13(10-19)4-8-15/h1-8,18-19H,10-11H2. The summed E-state index contributed by atoms with van der Waals surface area (Å²) in [6, 6.07) is 16.0. The normalized spacial score (nSPS) is 9.80. The molecule has 2 aromatic carbocycles. The number of benzene rings is 2. The number of aliphatic hydroxyl groups is 1. The minimum absolute atomic E-state index is 0.00133. The van der Waals surface area contributed by atoms with Crippen molar-refractivity contribution in [2.75, 3.05) is 6.61 Å². The molecule has 0 unspecified atom stereocenters. The summed E-state index contributed by atoms with van der Waals surface area (Å²) in [7, 11) is 0. The molecular weight excluding hydrogens is 252 g/mol. The quantitative estimate of drug-likeness (QED) is 0.816. The summed E-state index contributed by atoms with van der Waals surface area (Å²) in [5, 5.41) is 25.6. The summed E-state index contributed by atoms with van der Waals surface area (Å²) >= 11 is 0. The van der Waals surface area contributed by atoms with Gasteiger partial charge in [-0.05, 0) is 35.4 Å². The average molecular weight is 266 g/mol. The number of rotatable bonds is 5. The third kappa shape index (κ3) is 3.44. The second-order valence-corrected chi connectivity index (χ2v) is 4.26. The van der Waals surface area contributed by atoms with Gasteiger partial charge in [-0.3, -0.25) is 0 Å².